The van der Waals surface area contributed by atoms with Crippen molar-refractivity contribution >= 4 is 38.4 Å². The molecule has 4 aromatic heterocycles. The van der Waals surface area contributed by atoms with E-state index >= 15 is 0 Å². The van der Waals surface area contributed by atoms with Crippen LogP contribution in [-0.4, -0.2) is 31.1 Å². The highest BCUT2D eigenvalue weighted by atomic mass is 32.2. The number of hydrogen-bond acceptors (Lipinski definition) is 7. The lowest BCUT2D eigenvalue weighted by Crippen LogP contribution is -2.21. The van der Waals surface area contributed by atoms with Crippen molar-refractivity contribution in [3.8, 4) is 28.0 Å². The van der Waals surface area contributed by atoms with Crippen molar-refractivity contribution in [3.05, 3.63) is 83.9 Å². The Morgan fingerprint density at radius 1 is 0.825 bits per heavy atom. The lowest BCUT2D eigenvalue weighted by atomic mass is 9.78. The quantitative estimate of drug-likeness (QED) is 0.134. The van der Waals surface area contributed by atoms with E-state index in [4.69, 9.17) is 18.3 Å². The molecule has 6 aromatic rings. The molecule has 40 heavy (non-hydrogen) atoms. The van der Waals surface area contributed by atoms with E-state index in [1.165, 1.54) is 24.3 Å². The topological polar surface area (TPSA) is 116 Å². The van der Waals surface area contributed by atoms with Crippen LogP contribution in [0.5, 0.6) is 5.75 Å². The second-order valence-electron chi connectivity index (χ2n) is 10.6. The van der Waals surface area contributed by atoms with Crippen molar-refractivity contribution in [1.29, 1.82) is 0 Å². The fourth-order valence-corrected chi connectivity index (χ4v) is 6.85. The highest BCUT2D eigenvalue weighted by molar-refractivity contribution is 7.85. The van der Waals surface area contributed by atoms with Gasteiger partial charge in [-0.3, -0.25) is 4.55 Å². The van der Waals surface area contributed by atoms with Crippen LogP contribution in [0.25, 0.3) is 44.6 Å². The molecule has 200 valence electrons. The number of furan rings is 4. The normalized spacial score (nSPS) is 20.8. The molecule has 8 nitrogen and oxygen atoms in total. The first-order valence-electron chi connectivity index (χ1n) is 13.1. The van der Waals surface area contributed by atoms with Gasteiger partial charge in [-0.2, -0.15) is 8.42 Å². The Labute approximate surface area is 228 Å². The number of benzene rings is 4. The minimum absolute atomic E-state index is 0.00326. The molecule has 8 rings (SSSR count). The highest BCUT2D eigenvalue weighted by Crippen LogP contribution is 2.49. The lowest BCUT2D eigenvalue weighted by molar-refractivity contribution is 0.0732. The molecule has 3 unspecified atom stereocenters. The van der Waals surface area contributed by atoms with Crippen LogP contribution in [0.4, 0.5) is 0 Å². The van der Waals surface area contributed by atoms with E-state index in [1.54, 1.807) is 0 Å². The summed E-state index contributed by atoms with van der Waals surface area (Å²) >= 11 is 0. The first-order chi connectivity index (χ1) is 19.3. The van der Waals surface area contributed by atoms with Gasteiger partial charge in [-0.15, -0.1) is 0 Å². The SMILES string of the molecule is O=C(Oc1ccc(S(=O)(=O)O)cc1)c1c(-c2cc3ccc2o3)cc(-c2cc3ccc2o3)cc1C1CC2CCC1O2. The van der Waals surface area contributed by atoms with E-state index in [9.17, 15) is 17.8 Å². The van der Waals surface area contributed by atoms with Crippen LogP contribution in [0, 0.1) is 0 Å². The Balaban J connectivity index is 1.31. The van der Waals surface area contributed by atoms with Crippen LogP contribution in [0.2, 0.25) is 0 Å². The first kappa shape index (κ1) is 23.7. The summed E-state index contributed by atoms with van der Waals surface area (Å²) in [5, 5.41) is 0. The van der Waals surface area contributed by atoms with Gasteiger partial charge < -0.3 is 18.3 Å². The zero-order valence-corrected chi connectivity index (χ0v) is 21.8. The predicted molar refractivity (Wildman–Crippen MR) is 146 cm³/mol. The average Bonchev–Trinajstić information content (AvgIpc) is 3.80. The fraction of sp³-hybridized carbons (Fsp3) is 0.194. The van der Waals surface area contributed by atoms with E-state index in [1.807, 2.05) is 42.5 Å². The number of carbonyl (C=O) groups is 1. The molecule has 0 aliphatic carbocycles. The molecule has 1 N–H and O–H groups in total. The van der Waals surface area contributed by atoms with Gasteiger partial charge >= 0.3 is 5.97 Å². The second-order valence-corrected chi connectivity index (χ2v) is 12.0. The number of esters is 1. The summed E-state index contributed by atoms with van der Waals surface area (Å²) < 4.78 is 56.0. The predicted octanol–water partition coefficient (Wildman–Crippen LogP) is 6.89. The number of carbonyl (C=O) groups excluding carboxylic acids is 1. The van der Waals surface area contributed by atoms with Gasteiger partial charge in [-0.25, -0.2) is 4.79 Å². The summed E-state index contributed by atoms with van der Waals surface area (Å²) in [6.45, 7) is 0. The Kier molecular flexibility index (Phi) is 4.98. The van der Waals surface area contributed by atoms with E-state index in [0.717, 1.165) is 52.7 Å². The highest BCUT2D eigenvalue weighted by Gasteiger charge is 2.43. The van der Waals surface area contributed by atoms with Crippen LogP contribution >= 0.6 is 0 Å². The molecule has 2 fully saturated rings. The maximum Gasteiger partial charge on any atom is 0.344 e. The fourth-order valence-electron chi connectivity index (χ4n) is 6.37. The van der Waals surface area contributed by atoms with Crippen molar-refractivity contribution in [1.82, 2.24) is 0 Å². The van der Waals surface area contributed by atoms with Crippen molar-refractivity contribution in [3.63, 3.8) is 0 Å². The van der Waals surface area contributed by atoms with Crippen LogP contribution < -0.4 is 4.74 Å². The number of fused-ring (bicyclic) bond motifs is 6. The van der Waals surface area contributed by atoms with Crippen LogP contribution in [0.1, 0.15) is 41.1 Å². The molecule has 2 saturated heterocycles. The molecule has 2 aromatic carbocycles. The van der Waals surface area contributed by atoms with E-state index in [2.05, 4.69) is 6.07 Å². The molecule has 2 aliphatic rings. The minimum atomic E-state index is -4.37. The zero-order chi connectivity index (χ0) is 27.2. The number of hydrogen-bond donors (Lipinski definition) is 1. The Morgan fingerprint density at radius 3 is 2.08 bits per heavy atom. The molecule has 6 heterocycles. The largest absolute Gasteiger partial charge is 0.457 e. The summed E-state index contributed by atoms with van der Waals surface area (Å²) in [7, 11) is -4.37. The molecule has 9 heteroatoms. The summed E-state index contributed by atoms with van der Waals surface area (Å²) in [6, 6.07) is 20.7. The first-order valence-corrected chi connectivity index (χ1v) is 14.5. The maximum absolute atomic E-state index is 14.0. The van der Waals surface area contributed by atoms with E-state index in [0.29, 0.717) is 22.3 Å². The molecular weight excluding hydrogens is 532 g/mol. The number of ether oxygens (including phenoxy) is 2. The van der Waals surface area contributed by atoms with Gasteiger partial charge in [0.25, 0.3) is 10.1 Å². The molecule has 0 radical (unpaired) electrons. The third kappa shape index (κ3) is 3.73. The summed E-state index contributed by atoms with van der Waals surface area (Å²) in [5.41, 5.74) is 7.52. The van der Waals surface area contributed by atoms with Gasteiger partial charge in [0.2, 0.25) is 0 Å². The molecule has 6 bridgehead atoms. The van der Waals surface area contributed by atoms with Crippen LogP contribution in [0.15, 0.2) is 86.5 Å². The maximum atomic E-state index is 14.0. The molecule has 0 spiro atoms. The van der Waals surface area contributed by atoms with Gasteiger partial charge in [0, 0.05) is 22.6 Å². The Bertz CT molecular complexity index is 2000. The van der Waals surface area contributed by atoms with Crippen molar-refractivity contribution < 1.29 is 36.1 Å². The minimum Gasteiger partial charge on any atom is -0.457 e. The second kappa shape index (κ2) is 8.41. The van der Waals surface area contributed by atoms with Gasteiger partial charge in [0.15, 0.2) is 0 Å². The molecular formula is C31H22O8S. The van der Waals surface area contributed by atoms with Gasteiger partial charge in [-0.1, -0.05) is 0 Å². The van der Waals surface area contributed by atoms with E-state index in [-0.39, 0.29) is 28.8 Å². The summed E-state index contributed by atoms with van der Waals surface area (Å²) in [6.07, 6.45) is 2.91. The lowest BCUT2D eigenvalue weighted by Gasteiger charge is -2.24. The molecule has 2 aliphatic heterocycles. The third-order valence-electron chi connectivity index (χ3n) is 8.17. The van der Waals surface area contributed by atoms with Gasteiger partial charge in [-0.05, 0) is 103 Å². The van der Waals surface area contributed by atoms with Crippen molar-refractivity contribution in [2.24, 2.45) is 0 Å². The van der Waals surface area contributed by atoms with Crippen molar-refractivity contribution in [2.45, 2.75) is 42.3 Å². The molecule has 3 atom stereocenters. The zero-order valence-electron chi connectivity index (χ0n) is 21.0. The monoisotopic (exact) mass is 554 g/mol. The van der Waals surface area contributed by atoms with Crippen molar-refractivity contribution in [2.75, 3.05) is 0 Å². The smallest absolute Gasteiger partial charge is 0.344 e. The standard InChI is InChI=1S/C31H22O8S/c32-31(39-17-1-6-21(7-2-17)40(33,34)35)30-25(23-14-19-4-9-28(23)37-19)11-16(22-13-18-3-8-27(22)36-18)12-26(30)24-15-20-5-10-29(24)38-20/h1-4,6-9,11-14,20,24,29H,5,10,15H2,(H,33,34,35). The van der Waals surface area contributed by atoms with Crippen LogP contribution in [-0.2, 0) is 14.9 Å². The average molecular weight is 555 g/mol. The van der Waals surface area contributed by atoms with Gasteiger partial charge in [0.05, 0.1) is 22.7 Å². The summed E-state index contributed by atoms with van der Waals surface area (Å²) in [4.78, 5) is 13.7. The third-order valence-corrected chi connectivity index (χ3v) is 9.04. The number of rotatable bonds is 6. The Hall–Kier alpha value is -4.18. The molecule has 0 amide bonds. The molecule has 0 saturated carbocycles. The Morgan fingerprint density at radius 2 is 1.52 bits per heavy atom. The van der Waals surface area contributed by atoms with Crippen LogP contribution in [0.3, 0.4) is 0 Å². The van der Waals surface area contributed by atoms with Gasteiger partial charge in [0.1, 0.15) is 28.1 Å². The summed E-state index contributed by atoms with van der Waals surface area (Å²) in [5.74, 6) is -0.412. The van der Waals surface area contributed by atoms with E-state index < -0.39 is 16.1 Å².